The molecule has 0 aliphatic heterocycles. The van der Waals surface area contributed by atoms with E-state index in [0.29, 0.717) is 27.2 Å². The predicted octanol–water partition coefficient (Wildman–Crippen LogP) is 1.75. The Morgan fingerprint density at radius 2 is 1.61 bits per heavy atom. The summed E-state index contributed by atoms with van der Waals surface area (Å²) in [6.07, 6.45) is 6.14. The summed E-state index contributed by atoms with van der Waals surface area (Å²) < 4.78 is 2.09. The molecule has 124 valence electrons. The van der Waals surface area contributed by atoms with E-state index in [-0.39, 0.29) is 22.9 Å². The first kappa shape index (κ1) is 20.2. The molecule has 0 saturated heterocycles. The summed E-state index contributed by atoms with van der Waals surface area (Å²) in [7, 11) is 0. The van der Waals surface area contributed by atoms with E-state index in [9.17, 15) is 4.79 Å². The molecule has 0 aliphatic carbocycles. The van der Waals surface area contributed by atoms with Crippen molar-refractivity contribution >= 4 is 46.4 Å². The van der Waals surface area contributed by atoms with E-state index in [1.165, 1.54) is 0 Å². The first-order chi connectivity index (χ1) is 10.6. The van der Waals surface area contributed by atoms with Crippen molar-refractivity contribution in [3.63, 3.8) is 0 Å². The van der Waals surface area contributed by atoms with Gasteiger partial charge < -0.3 is 22.3 Å². The second-order valence-corrected chi connectivity index (χ2v) is 6.11. The first-order valence-corrected chi connectivity index (χ1v) is 8.08. The quantitative estimate of drug-likeness (QED) is 0.541. The molecule has 0 bridgehead atoms. The number of benzene rings is 1. The molecule has 0 atom stereocenters. The fraction of sp³-hybridized carbons (Fsp3) is 0.250. The summed E-state index contributed by atoms with van der Waals surface area (Å²) in [5.41, 5.74) is 0.412. The molecule has 7 heteroatoms. The molecular weight excluding hydrogens is 422 g/mol. The van der Waals surface area contributed by atoms with Crippen LogP contribution in [0.25, 0.3) is 0 Å². The van der Waals surface area contributed by atoms with Crippen molar-refractivity contribution in [3.8, 4) is 0 Å². The zero-order valence-electron chi connectivity index (χ0n) is 12.2. The SMILES string of the molecule is O=C(CCCC[n+]1ccccc1)Nc1c(Cl)cc(Cl)cc1Cl.[Br-]. The number of unbranched alkanes of at least 4 members (excludes halogenated alkanes) is 1. The van der Waals surface area contributed by atoms with Crippen molar-refractivity contribution in [1.82, 2.24) is 0 Å². The molecule has 1 aromatic heterocycles. The molecule has 0 spiro atoms. The highest BCUT2D eigenvalue weighted by atomic mass is 79.9. The average molecular weight is 439 g/mol. The number of halogens is 4. The topological polar surface area (TPSA) is 33.0 Å². The second kappa shape index (κ2) is 10.1. The van der Waals surface area contributed by atoms with E-state index in [2.05, 4.69) is 9.88 Å². The number of hydrogen-bond acceptors (Lipinski definition) is 1. The average Bonchev–Trinajstić information content (AvgIpc) is 2.48. The van der Waals surface area contributed by atoms with Gasteiger partial charge in [-0.05, 0) is 18.6 Å². The standard InChI is InChI=1S/C16H15Cl3N2O.BrH/c17-12-10-13(18)16(14(19)11-12)20-15(22)6-2-5-9-21-7-3-1-4-8-21;/h1,3-4,7-8,10-11H,2,5-6,9H2;1H. The Kier molecular flexibility index (Phi) is 8.92. The van der Waals surface area contributed by atoms with E-state index in [4.69, 9.17) is 34.8 Å². The van der Waals surface area contributed by atoms with Gasteiger partial charge >= 0.3 is 0 Å². The van der Waals surface area contributed by atoms with Gasteiger partial charge in [-0.1, -0.05) is 40.9 Å². The van der Waals surface area contributed by atoms with Crippen LogP contribution in [0, 0.1) is 0 Å². The minimum absolute atomic E-state index is 0. The van der Waals surface area contributed by atoms with Crippen LogP contribution in [-0.2, 0) is 11.3 Å². The lowest BCUT2D eigenvalue weighted by Crippen LogP contribution is -3.00. The number of aromatic nitrogens is 1. The highest BCUT2D eigenvalue weighted by Crippen LogP contribution is 2.33. The van der Waals surface area contributed by atoms with Crippen LogP contribution in [0.3, 0.4) is 0 Å². The van der Waals surface area contributed by atoms with Crippen molar-refractivity contribution in [2.75, 3.05) is 5.32 Å². The lowest BCUT2D eigenvalue weighted by Gasteiger charge is -2.09. The van der Waals surface area contributed by atoms with Gasteiger partial charge in [0.15, 0.2) is 12.4 Å². The number of carbonyl (C=O) groups is 1. The van der Waals surface area contributed by atoms with Crippen LogP contribution >= 0.6 is 34.8 Å². The number of nitrogens with one attached hydrogen (secondary N) is 1. The van der Waals surface area contributed by atoms with E-state index >= 15 is 0 Å². The lowest BCUT2D eigenvalue weighted by molar-refractivity contribution is -0.697. The molecule has 2 rings (SSSR count). The maximum Gasteiger partial charge on any atom is 0.224 e. The summed E-state index contributed by atoms with van der Waals surface area (Å²) in [6.45, 7) is 0.885. The first-order valence-electron chi connectivity index (χ1n) is 6.95. The Bertz CT molecular complexity index is 630. The molecule has 2 aromatic rings. The van der Waals surface area contributed by atoms with Crippen LogP contribution in [0.5, 0.6) is 0 Å². The van der Waals surface area contributed by atoms with E-state index < -0.39 is 0 Å². The van der Waals surface area contributed by atoms with Crippen molar-refractivity contribution in [2.24, 2.45) is 0 Å². The number of carbonyl (C=O) groups excluding carboxylic acids is 1. The maximum absolute atomic E-state index is 11.9. The fourth-order valence-corrected chi connectivity index (χ4v) is 2.94. The Morgan fingerprint density at radius 1 is 1.00 bits per heavy atom. The van der Waals surface area contributed by atoms with Gasteiger partial charge in [-0.15, -0.1) is 0 Å². The Hall–Kier alpha value is -0.810. The molecule has 0 unspecified atom stereocenters. The molecule has 1 aromatic carbocycles. The molecule has 0 radical (unpaired) electrons. The van der Waals surface area contributed by atoms with Crippen LogP contribution < -0.4 is 26.9 Å². The normalized spacial score (nSPS) is 10.0. The summed E-state index contributed by atoms with van der Waals surface area (Å²) in [4.78, 5) is 11.9. The second-order valence-electron chi connectivity index (χ2n) is 4.86. The summed E-state index contributed by atoms with van der Waals surface area (Å²) in [6, 6.07) is 9.05. The third-order valence-electron chi connectivity index (χ3n) is 3.12. The van der Waals surface area contributed by atoms with Gasteiger partial charge in [0.05, 0.1) is 15.7 Å². The fourth-order valence-electron chi connectivity index (χ4n) is 2.03. The van der Waals surface area contributed by atoms with Crippen LogP contribution in [0.2, 0.25) is 15.1 Å². The maximum atomic E-state index is 11.9. The molecule has 0 fully saturated rings. The zero-order chi connectivity index (χ0) is 15.9. The molecule has 23 heavy (non-hydrogen) atoms. The number of aryl methyl sites for hydroxylation is 1. The van der Waals surface area contributed by atoms with Crippen LogP contribution in [0.1, 0.15) is 19.3 Å². The predicted molar refractivity (Wildman–Crippen MR) is 90.6 cm³/mol. The molecule has 3 nitrogen and oxygen atoms in total. The number of nitrogens with zero attached hydrogens (tertiary/aromatic N) is 1. The summed E-state index contributed by atoms with van der Waals surface area (Å²) in [5.74, 6) is -0.107. The van der Waals surface area contributed by atoms with Gasteiger partial charge in [-0.3, -0.25) is 4.79 Å². The molecule has 0 saturated carbocycles. The Balaban J connectivity index is 0.00000264. The van der Waals surface area contributed by atoms with Crippen molar-refractivity contribution in [2.45, 2.75) is 25.8 Å². The smallest absolute Gasteiger partial charge is 0.224 e. The van der Waals surface area contributed by atoms with E-state index in [1.807, 2.05) is 30.6 Å². The van der Waals surface area contributed by atoms with Gasteiger partial charge in [0.1, 0.15) is 6.54 Å². The van der Waals surface area contributed by atoms with Gasteiger partial charge in [0, 0.05) is 30.0 Å². The van der Waals surface area contributed by atoms with Crippen LogP contribution in [-0.4, -0.2) is 5.91 Å². The number of rotatable bonds is 6. The van der Waals surface area contributed by atoms with Crippen LogP contribution in [0.15, 0.2) is 42.7 Å². The highest BCUT2D eigenvalue weighted by molar-refractivity contribution is 6.42. The Morgan fingerprint density at radius 3 is 2.22 bits per heavy atom. The molecule has 1 heterocycles. The number of anilines is 1. The zero-order valence-corrected chi connectivity index (χ0v) is 16.1. The molecule has 1 amide bonds. The monoisotopic (exact) mass is 436 g/mol. The number of pyridine rings is 1. The van der Waals surface area contributed by atoms with Crippen molar-refractivity contribution < 1.29 is 26.3 Å². The molecule has 1 N–H and O–H groups in total. The van der Waals surface area contributed by atoms with E-state index in [1.54, 1.807) is 12.1 Å². The minimum atomic E-state index is -0.107. The third kappa shape index (κ3) is 6.68. The van der Waals surface area contributed by atoms with Gasteiger partial charge in [-0.2, -0.15) is 0 Å². The number of hydrogen-bond donors (Lipinski definition) is 1. The van der Waals surface area contributed by atoms with Gasteiger partial charge in [0.25, 0.3) is 0 Å². The lowest BCUT2D eigenvalue weighted by atomic mass is 10.2. The van der Waals surface area contributed by atoms with Crippen molar-refractivity contribution in [3.05, 3.63) is 57.8 Å². The summed E-state index contributed by atoms with van der Waals surface area (Å²) >= 11 is 17.9. The van der Waals surface area contributed by atoms with E-state index in [0.717, 1.165) is 19.4 Å². The minimum Gasteiger partial charge on any atom is -1.00 e. The largest absolute Gasteiger partial charge is 1.00 e. The molecular formula is C16H16BrCl3N2O. The molecule has 0 aliphatic rings. The summed E-state index contributed by atoms with van der Waals surface area (Å²) in [5, 5.41) is 3.85. The van der Waals surface area contributed by atoms with Gasteiger partial charge in [0.2, 0.25) is 5.91 Å². The Labute approximate surface area is 161 Å². The number of amides is 1. The third-order valence-corrected chi connectivity index (χ3v) is 3.93. The highest BCUT2D eigenvalue weighted by Gasteiger charge is 2.11. The van der Waals surface area contributed by atoms with Crippen LogP contribution in [0.4, 0.5) is 5.69 Å². The van der Waals surface area contributed by atoms with Gasteiger partial charge in [-0.25, -0.2) is 4.57 Å². The van der Waals surface area contributed by atoms with Crippen molar-refractivity contribution in [1.29, 1.82) is 0 Å².